The van der Waals surface area contributed by atoms with Gasteiger partial charge in [-0.2, -0.15) is 0 Å². The summed E-state index contributed by atoms with van der Waals surface area (Å²) in [6, 6.07) is 5.92. The smallest absolute Gasteiger partial charge is 0.0410 e. The van der Waals surface area contributed by atoms with Crippen LogP contribution >= 0.6 is 27.5 Å². The Balaban J connectivity index is 2.09. The molecule has 1 nitrogen and oxygen atoms in total. The summed E-state index contributed by atoms with van der Waals surface area (Å²) < 4.78 is 1.13. The first-order chi connectivity index (χ1) is 8.74. The highest BCUT2D eigenvalue weighted by atomic mass is 79.9. The SMILES string of the molecule is CCCCCCCCNCc1cc(Cl)ccc1Br. The molecular weight excluding hydrogens is 310 g/mol. The van der Waals surface area contributed by atoms with Crippen molar-refractivity contribution in [1.29, 1.82) is 0 Å². The van der Waals surface area contributed by atoms with E-state index in [-0.39, 0.29) is 0 Å². The molecule has 102 valence electrons. The van der Waals surface area contributed by atoms with Gasteiger partial charge in [-0.25, -0.2) is 0 Å². The van der Waals surface area contributed by atoms with Gasteiger partial charge < -0.3 is 5.32 Å². The van der Waals surface area contributed by atoms with E-state index < -0.39 is 0 Å². The molecule has 0 aliphatic carbocycles. The monoisotopic (exact) mass is 331 g/mol. The molecule has 0 spiro atoms. The number of unbranched alkanes of at least 4 members (excludes halogenated alkanes) is 5. The van der Waals surface area contributed by atoms with Gasteiger partial charge in [0.25, 0.3) is 0 Å². The fourth-order valence-electron chi connectivity index (χ4n) is 1.93. The molecule has 0 radical (unpaired) electrons. The zero-order valence-corrected chi connectivity index (χ0v) is 13.5. The van der Waals surface area contributed by atoms with Gasteiger partial charge in [-0.1, -0.05) is 66.6 Å². The molecule has 0 aromatic heterocycles. The molecule has 0 aliphatic heterocycles. The second kappa shape index (κ2) is 9.82. The minimum absolute atomic E-state index is 0.801. The maximum absolute atomic E-state index is 5.98. The third-order valence-electron chi connectivity index (χ3n) is 3.03. The molecule has 0 heterocycles. The predicted molar refractivity (Wildman–Crippen MR) is 84.2 cm³/mol. The van der Waals surface area contributed by atoms with Crippen LogP contribution in [0.2, 0.25) is 5.02 Å². The van der Waals surface area contributed by atoms with Crippen molar-refractivity contribution < 1.29 is 0 Å². The number of rotatable bonds is 9. The summed E-state index contributed by atoms with van der Waals surface area (Å²) in [6.07, 6.45) is 8.06. The molecule has 0 bridgehead atoms. The molecule has 0 fully saturated rings. The summed E-state index contributed by atoms with van der Waals surface area (Å²) >= 11 is 9.52. The summed E-state index contributed by atoms with van der Waals surface area (Å²) in [5.74, 6) is 0. The van der Waals surface area contributed by atoms with Crippen LogP contribution in [0.4, 0.5) is 0 Å². The summed E-state index contributed by atoms with van der Waals surface area (Å²) in [4.78, 5) is 0. The van der Waals surface area contributed by atoms with Crippen molar-refractivity contribution in [2.45, 2.75) is 52.0 Å². The van der Waals surface area contributed by atoms with Crippen LogP contribution in [0.25, 0.3) is 0 Å². The zero-order chi connectivity index (χ0) is 13.2. The Kier molecular flexibility index (Phi) is 8.74. The number of nitrogens with one attached hydrogen (secondary N) is 1. The first-order valence-corrected chi connectivity index (χ1v) is 8.05. The van der Waals surface area contributed by atoms with Crippen molar-refractivity contribution in [2.24, 2.45) is 0 Å². The molecule has 1 aromatic carbocycles. The van der Waals surface area contributed by atoms with Crippen molar-refractivity contribution >= 4 is 27.5 Å². The van der Waals surface area contributed by atoms with E-state index in [0.717, 1.165) is 22.6 Å². The van der Waals surface area contributed by atoms with Crippen LogP contribution < -0.4 is 5.32 Å². The van der Waals surface area contributed by atoms with E-state index in [1.807, 2.05) is 18.2 Å². The third-order valence-corrected chi connectivity index (χ3v) is 4.04. The highest BCUT2D eigenvalue weighted by Gasteiger charge is 2.00. The molecular formula is C15H23BrClN. The standard InChI is InChI=1S/C15H23BrClN/c1-2-3-4-5-6-7-10-18-12-13-11-14(17)8-9-15(13)16/h8-9,11,18H,2-7,10,12H2,1H3. The maximum atomic E-state index is 5.98. The van der Waals surface area contributed by atoms with Crippen molar-refractivity contribution in [3.8, 4) is 0 Å². The van der Waals surface area contributed by atoms with Crippen LogP contribution in [0.5, 0.6) is 0 Å². The molecule has 0 aliphatic rings. The van der Waals surface area contributed by atoms with E-state index in [0.29, 0.717) is 0 Å². The van der Waals surface area contributed by atoms with Gasteiger partial charge in [-0.3, -0.25) is 0 Å². The van der Waals surface area contributed by atoms with Crippen LogP contribution in [0, 0.1) is 0 Å². The Bertz CT molecular complexity index is 341. The van der Waals surface area contributed by atoms with Gasteiger partial charge in [-0.05, 0) is 36.7 Å². The quantitative estimate of drug-likeness (QED) is 0.584. The lowest BCUT2D eigenvalue weighted by atomic mass is 10.1. The fourth-order valence-corrected chi connectivity index (χ4v) is 2.51. The highest BCUT2D eigenvalue weighted by Crippen LogP contribution is 2.20. The van der Waals surface area contributed by atoms with Crippen LogP contribution in [0.1, 0.15) is 51.0 Å². The van der Waals surface area contributed by atoms with Crippen molar-refractivity contribution in [3.63, 3.8) is 0 Å². The van der Waals surface area contributed by atoms with E-state index in [1.54, 1.807) is 0 Å². The number of hydrogen-bond acceptors (Lipinski definition) is 1. The first kappa shape index (κ1) is 16.0. The second-order valence-corrected chi connectivity index (χ2v) is 5.97. The Morgan fingerprint density at radius 1 is 1.11 bits per heavy atom. The zero-order valence-electron chi connectivity index (χ0n) is 11.1. The van der Waals surface area contributed by atoms with Gasteiger partial charge in [0.15, 0.2) is 0 Å². The number of halogens is 2. The lowest BCUT2D eigenvalue weighted by Crippen LogP contribution is -2.14. The molecule has 0 amide bonds. The lowest BCUT2D eigenvalue weighted by molar-refractivity contribution is 0.571. The largest absolute Gasteiger partial charge is 0.313 e. The van der Waals surface area contributed by atoms with Gasteiger partial charge in [0, 0.05) is 16.0 Å². The molecule has 18 heavy (non-hydrogen) atoms. The minimum atomic E-state index is 0.801. The maximum Gasteiger partial charge on any atom is 0.0410 e. The first-order valence-electron chi connectivity index (χ1n) is 6.88. The highest BCUT2D eigenvalue weighted by molar-refractivity contribution is 9.10. The average molecular weight is 333 g/mol. The summed E-state index contributed by atoms with van der Waals surface area (Å²) in [7, 11) is 0. The second-order valence-electron chi connectivity index (χ2n) is 4.68. The van der Waals surface area contributed by atoms with Gasteiger partial charge in [0.05, 0.1) is 0 Å². The van der Waals surface area contributed by atoms with E-state index in [1.165, 1.54) is 44.1 Å². The molecule has 1 rings (SSSR count). The van der Waals surface area contributed by atoms with Crippen LogP contribution in [0.3, 0.4) is 0 Å². The van der Waals surface area contributed by atoms with Gasteiger partial charge >= 0.3 is 0 Å². The van der Waals surface area contributed by atoms with Crippen LogP contribution in [-0.2, 0) is 6.54 Å². The minimum Gasteiger partial charge on any atom is -0.313 e. The number of hydrogen-bond donors (Lipinski definition) is 1. The molecule has 1 aromatic rings. The summed E-state index contributed by atoms with van der Waals surface area (Å²) in [5, 5.41) is 4.27. The average Bonchev–Trinajstić information content (AvgIpc) is 2.36. The molecule has 0 atom stereocenters. The Morgan fingerprint density at radius 2 is 1.83 bits per heavy atom. The van der Waals surface area contributed by atoms with Crippen LogP contribution in [0.15, 0.2) is 22.7 Å². The van der Waals surface area contributed by atoms with Gasteiger partial charge in [0.2, 0.25) is 0 Å². The van der Waals surface area contributed by atoms with Crippen molar-refractivity contribution in [3.05, 3.63) is 33.3 Å². The molecule has 1 N–H and O–H groups in total. The molecule has 0 saturated heterocycles. The normalized spacial score (nSPS) is 10.8. The van der Waals surface area contributed by atoms with Crippen LogP contribution in [-0.4, -0.2) is 6.54 Å². The van der Waals surface area contributed by atoms with E-state index >= 15 is 0 Å². The van der Waals surface area contributed by atoms with E-state index in [4.69, 9.17) is 11.6 Å². The topological polar surface area (TPSA) is 12.0 Å². The molecule has 3 heteroatoms. The Hall–Kier alpha value is -0.0500. The van der Waals surface area contributed by atoms with E-state index in [9.17, 15) is 0 Å². The molecule has 0 saturated carbocycles. The predicted octanol–water partition coefficient (Wildman–Crippen LogP) is 5.55. The lowest BCUT2D eigenvalue weighted by Gasteiger charge is -2.07. The Morgan fingerprint density at radius 3 is 2.61 bits per heavy atom. The summed E-state index contributed by atoms with van der Waals surface area (Å²) in [5.41, 5.74) is 1.23. The van der Waals surface area contributed by atoms with Gasteiger partial charge in [0.1, 0.15) is 0 Å². The van der Waals surface area contributed by atoms with Crippen molar-refractivity contribution in [2.75, 3.05) is 6.54 Å². The fraction of sp³-hybridized carbons (Fsp3) is 0.600. The number of benzene rings is 1. The van der Waals surface area contributed by atoms with E-state index in [2.05, 4.69) is 28.2 Å². The Labute approximate surface area is 124 Å². The van der Waals surface area contributed by atoms with Crippen molar-refractivity contribution in [1.82, 2.24) is 5.32 Å². The third kappa shape index (κ3) is 6.77. The van der Waals surface area contributed by atoms with Gasteiger partial charge in [-0.15, -0.1) is 0 Å². The summed E-state index contributed by atoms with van der Waals surface area (Å²) in [6.45, 7) is 4.23. The molecule has 0 unspecified atom stereocenters.